The molecule has 1 aliphatic heterocycles. The zero-order valence-electron chi connectivity index (χ0n) is 11.7. The molecule has 0 radical (unpaired) electrons. The first-order valence-corrected chi connectivity index (χ1v) is 6.73. The molecule has 4 nitrogen and oxygen atoms in total. The number of ketones is 1. The molecule has 1 atom stereocenters. The molecule has 0 saturated carbocycles. The van der Waals surface area contributed by atoms with E-state index in [1.54, 1.807) is 19.2 Å². The highest BCUT2D eigenvalue weighted by Gasteiger charge is 2.38. The first kappa shape index (κ1) is 13.5. The molecule has 3 rings (SSSR count). The molecule has 0 aromatic heterocycles. The lowest BCUT2D eigenvalue weighted by Gasteiger charge is -2.35. The number of fused-ring (bicyclic) bond motifs is 1. The van der Waals surface area contributed by atoms with Gasteiger partial charge in [-0.25, -0.2) is 0 Å². The van der Waals surface area contributed by atoms with Crippen LogP contribution in [0.2, 0.25) is 0 Å². The number of rotatable bonds is 3. The van der Waals surface area contributed by atoms with Crippen LogP contribution in [0.25, 0.3) is 0 Å². The van der Waals surface area contributed by atoms with Gasteiger partial charge in [0.15, 0.2) is 6.23 Å². The van der Waals surface area contributed by atoms with Crippen LogP contribution in [0.4, 0.5) is 0 Å². The second-order valence-electron chi connectivity index (χ2n) is 4.92. The summed E-state index contributed by atoms with van der Waals surface area (Å²) in [6.07, 6.45) is -0.536. The van der Waals surface area contributed by atoms with Crippen molar-refractivity contribution in [1.82, 2.24) is 4.90 Å². The van der Waals surface area contributed by atoms with Gasteiger partial charge in [0.1, 0.15) is 0 Å². The van der Waals surface area contributed by atoms with E-state index >= 15 is 0 Å². The minimum Gasteiger partial charge on any atom is -0.357 e. The van der Waals surface area contributed by atoms with E-state index in [2.05, 4.69) is 0 Å². The van der Waals surface area contributed by atoms with Gasteiger partial charge in [-0.1, -0.05) is 54.6 Å². The SMILES string of the molecule is COC1c2ccccc2C(=O)C(=O)N1Cc1ccccc1. The summed E-state index contributed by atoms with van der Waals surface area (Å²) in [4.78, 5) is 26.1. The average molecular weight is 281 g/mol. The third-order valence-electron chi connectivity index (χ3n) is 3.63. The van der Waals surface area contributed by atoms with E-state index in [-0.39, 0.29) is 0 Å². The molecule has 0 bridgehead atoms. The first-order valence-electron chi connectivity index (χ1n) is 6.73. The van der Waals surface area contributed by atoms with E-state index in [1.165, 1.54) is 4.90 Å². The van der Waals surface area contributed by atoms with Gasteiger partial charge < -0.3 is 9.64 Å². The van der Waals surface area contributed by atoms with Gasteiger partial charge in [-0.15, -0.1) is 0 Å². The fourth-order valence-corrected chi connectivity index (χ4v) is 2.63. The van der Waals surface area contributed by atoms with Crippen LogP contribution < -0.4 is 0 Å². The maximum Gasteiger partial charge on any atom is 0.297 e. The third-order valence-corrected chi connectivity index (χ3v) is 3.63. The first-order chi connectivity index (χ1) is 10.2. The van der Waals surface area contributed by atoms with Gasteiger partial charge >= 0.3 is 0 Å². The molecule has 1 heterocycles. The molecule has 1 aliphatic rings. The van der Waals surface area contributed by atoms with E-state index < -0.39 is 17.9 Å². The number of amides is 1. The van der Waals surface area contributed by atoms with Crippen LogP contribution in [0, 0.1) is 0 Å². The average Bonchev–Trinajstić information content (AvgIpc) is 2.54. The maximum absolute atomic E-state index is 12.4. The zero-order chi connectivity index (χ0) is 14.8. The Balaban J connectivity index is 2.01. The maximum atomic E-state index is 12.4. The number of Topliss-reactive ketones (excluding diaryl/α,β-unsaturated/α-hetero) is 1. The summed E-state index contributed by atoms with van der Waals surface area (Å²) in [7, 11) is 1.54. The van der Waals surface area contributed by atoms with Crippen molar-refractivity contribution < 1.29 is 14.3 Å². The molecule has 0 fully saturated rings. The highest BCUT2D eigenvalue weighted by Crippen LogP contribution is 2.31. The van der Waals surface area contributed by atoms with Crippen molar-refractivity contribution in [2.24, 2.45) is 0 Å². The lowest BCUT2D eigenvalue weighted by atomic mass is 9.96. The Bertz CT molecular complexity index is 681. The molecule has 0 N–H and O–H groups in total. The lowest BCUT2D eigenvalue weighted by Crippen LogP contribution is -2.44. The number of methoxy groups -OCH3 is 1. The van der Waals surface area contributed by atoms with Gasteiger partial charge in [0.25, 0.3) is 11.7 Å². The van der Waals surface area contributed by atoms with E-state index in [0.717, 1.165) is 11.1 Å². The molecular weight excluding hydrogens is 266 g/mol. The second kappa shape index (κ2) is 5.50. The van der Waals surface area contributed by atoms with Crippen molar-refractivity contribution in [1.29, 1.82) is 0 Å². The molecule has 21 heavy (non-hydrogen) atoms. The number of benzene rings is 2. The van der Waals surface area contributed by atoms with Crippen LogP contribution in [0.15, 0.2) is 54.6 Å². The van der Waals surface area contributed by atoms with Crippen molar-refractivity contribution in [3.8, 4) is 0 Å². The number of hydrogen-bond donors (Lipinski definition) is 0. The summed E-state index contributed by atoms with van der Waals surface area (Å²) in [5.74, 6) is -1.00. The number of ether oxygens (including phenoxy) is 1. The number of hydrogen-bond acceptors (Lipinski definition) is 3. The van der Waals surface area contributed by atoms with Gasteiger partial charge in [0.2, 0.25) is 0 Å². The van der Waals surface area contributed by atoms with Gasteiger partial charge in [-0.2, -0.15) is 0 Å². The summed E-state index contributed by atoms with van der Waals surface area (Å²) in [6.45, 7) is 0.345. The van der Waals surface area contributed by atoms with Crippen LogP contribution >= 0.6 is 0 Å². The summed E-state index contributed by atoms with van der Waals surface area (Å²) in [5.41, 5.74) is 2.12. The second-order valence-corrected chi connectivity index (χ2v) is 4.92. The molecule has 106 valence electrons. The van der Waals surface area contributed by atoms with Gasteiger partial charge in [0.05, 0.1) is 0 Å². The lowest BCUT2D eigenvalue weighted by molar-refractivity contribution is -0.142. The van der Waals surface area contributed by atoms with Gasteiger partial charge in [-0.05, 0) is 5.56 Å². The Morgan fingerprint density at radius 1 is 1.00 bits per heavy atom. The quantitative estimate of drug-likeness (QED) is 0.812. The van der Waals surface area contributed by atoms with Crippen molar-refractivity contribution in [2.45, 2.75) is 12.8 Å². The third kappa shape index (κ3) is 2.34. The monoisotopic (exact) mass is 281 g/mol. The fourth-order valence-electron chi connectivity index (χ4n) is 2.63. The van der Waals surface area contributed by atoms with Crippen molar-refractivity contribution in [3.05, 3.63) is 71.3 Å². The van der Waals surface area contributed by atoms with Crippen molar-refractivity contribution >= 4 is 11.7 Å². The van der Waals surface area contributed by atoms with E-state index in [0.29, 0.717) is 12.1 Å². The predicted molar refractivity (Wildman–Crippen MR) is 77.5 cm³/mol. The zero-order valence-corrected chi connectivity index (χ0v) is 11.7. The van der Waals surface area contributed by atoms with Crippen LogP contribution in [0.1, 0.15) is 27.7 Å². The number of carbonyl (C=O) groups excluding carboxylic acids is 2. The van der Waals surface area contributed by atoms with Gasteiger partial charge in [0, 0.05) is 24.8 Å². The molecule has 0 spiro atoms. The number of nitrogens with zero attached hydrogens (tertiary/aromatic N) is 1. The molecule has 0 aliphatic carbocycles. The van der Waals surface area contributed by atoms with E-state index in [4.69, 9.17) is 4.74 Å². The molecule has 2 aromatic carbocycles. The fraction of sp³-hybridized carbons (Fsp3) is 0.176. The van der Waals surface area contributed by atoms with Crippen LogP contribution in [-0.4, -0.2) is 23.7 Å². The summed E-state index contributed by atoms with van der Waals surface area (Å²) < 4.78 is 5.47. The molecular formula is C17H15NO3. The summed E-state index contributed by atoms with van der Waals surface area (Å²) >= 11 is 0. The summed E-state index contributed by atoms with van der Waals surface area (Å²) in [5, 5.41) is 0. The standard InChI is InChI=1S/C17H15NO3/c1-21-17-14-10-6-5-9-13(14)15(19)16(20)18(17)11-12-7-3-2-4-8-12/h2-10,17H,11H2,1H3. The number of carbonyl (C=O) groups is 2. The van der Waals surface area contributed by atoms with Crippen LogP contribution in [-0.2, 0) is 16.1 Å². The Morgan fingerprint density at radius 2 is 1.67 bits per heavy atom. The summed E-state index contributed by atoms with van der Waals surface area (Å²) in [6, 6.07) is 16.7. The van der Waals surface area contributed by atoms with Crippen molar-refractivity contribution in [3.63, 3.8) is 0 Å². The van der Waals surface area contributed by atoms with Gasteiger partial charge in [-0.3, -0.25) is 9.59 Å². The molecule has 0 saturated heterocycles. The predicted octanol–water partition coefficient (Wildman–Crippen LogP) is 2.56. The van der Waals surface area contributed by atoms with E-state index in [1.807, 2.05) is 42.5 Å². The molecule has 2 aromatic rings. The molecule has 4 heteroatoms. The topological polar surface area (TPSA) is 46.6 Å². The van der Waals surface area contributed by atoms with Crippen molar-refractivity contribution in [2.75, 3.05) is 7.11 Å². The minimum atomic E-state index is -0.536. The smallest absolute Gasteiger partial charge is 0.297 e. The molecule has 1 unspecified atom stereocenters. The Morgan fingerprint density at radius 3 is 2.38 bits per heavy atom. The van der Waals surface area contributed by atoms with E-state index in [9.17, 15) is 9.59 Å². The Hall–Kier alpha value is -2.46. The Kier molecular flexibility index (Phi) is 3.54. The minimum absolute atomic E-state index is 0.345. The highest BCUT2D eigenvalue weighted by atomic mass is 16.5. The molecule has 1 amide bonds. The van der Waals surface area contributed by atoms with Crippen LogP contribution in [0.3, 0.4) is 0 Å². The van der Waals surface area contributed by atoms with Crippen LogP contribution in [0.5, 0.6) is 0 Å². The normalized spacial score (nSPS) is 17.8. The highest BCUT2D eigenvalue weighted by molar-refractivity contribution is 6.43. The Labute approximate surface area is 123 Å². The largest absolute Gasteiger partial charge is 0.357 e.